The number of benzene rings is 2. The van der Waals surface area contributed by atoms with Gasteiger partial charge in [-0.15, -0.1) is 0 Å². The predicted octanol–water partition coefficient (Wildman–Crippen LogP) is 5.14. The van der Waals surface area contributed by atoms with E-state index in [1.165, 1.54) is 12.3 Å². The molecule has 3 aromatic rings. The molecule has 2 aromatic carbocycles. The maximum atomic E-state index is 13.6. The largest absolute Gasteiger partial charge is 0.458 e. The van der Waals surface area contributed by atoms with E-state index in [0.29, 0.717) is 30.5 Å². The van der Waals surface area contributed by atoms with E-state index in [2.05, 4.69) is 9.71 Å². The molecule has 212 valence electrons. The lowest BCUT2D eigenvalue weighted by Gasteiger charge is -2.40. The van der Waals surface area contributed by atoms with Gasteiger partial charge in [-0.25, -0.2) is 4.98 Å². The first kappa shape index (κ1) is 29.4. The summed E-state index contributed by atoms with van der Waals surface area (Å²) in [6.45, 7) is 4.20. The number of Topliss-reactive ketones (excluding diaryl/α,β-unsaturated/α-hetero) is 1. The number of esters is 1. The second-order valence-electron chi connectivity index (χ2n) is 10.4. The Bertz CT molecular complexity index is 1410. The van der Waals surface area contributed by atoms with Crippen LogP contribution in [-0.2, 0) is 37.3 Å². The topological polar surface area (TPSA) is 128 Å². The van der Waals surface area contributed by atoms with Crippen LogP contribution in [0.1, 0.15) is 68.6 Å². The molecular formula is C31H37N3O5S. The number of nitrogens with zero attached hydrogens (tertiary/aromatic N) is 1. The van der Waals surface area contributed by atoms with E-state index in [9.17, 15) is 18.0 Å². The quantitative estimate of drug-likeness (QED) is 0.231. The van der Waals surface area contributed by atoms with Crippen molar-refractivity contribution >= 4 is 27.5 Å². The summed E-state index contributed by atoms with van der Waals surface area (Å²) >= 11 is 0. The van der Waals surface area contributed by atoms with Gasteiger partial charge in [-0.3, -0.25) is 14.3 Å². The van der Waals surface area contributed by atoms with Crippen molar-refractivity contribution in [1.82, 2.24) is 4.98 Å². The number of ether oxygens (including phenoxy) is 1. The van der Waals surface area contributed by atoms with E-state index in [4.69, 9.17) is 10.5 Å². The molecule has 1 unspecified atom stereocenters. The predicted molar refractivity (Wildman–Crippen MR) is 154 cm³/mol. The number of carbonyl (C=O) groups excluding carboxylic acids is 2. The number of rotatable bonds is 12. The van der Waals surface area contributed by atoms with Crippen LogP contribution in [0, 0.1) is 5.92 Å². The highest BCUT2D eigenvalue weighted by Crippen LogP contribution is 2.41. The van der Waals surface area contributed by atoms with Crippen LogP contribution in [-0.4, -0.2) is 30.8 Å². The van der Waals surface area contributed by atoms with Gasteiger partial charge in [-0.1, -0.05) is 68.8 Å². The molecule has 2 heterocycles. The molecular weight excluding hydrogens is 526 g/mol. The number of ketones is 1. The average molecular weight is 564 g/mol. The lowest BCUT2D eigenvalue weighted by atomic mass is 9.74. The number of aromatic nitrogens is 1. The van der Waals surface area contributed by atoms with Crippen molar-refractivity contribution in [3.63, 3.8) is 0 Å². The highest BCUT2D eigenvalue weighted by atomic mass is 32.2. The number of hydrogen-bond donors (Lipinski definition) is 2. The molecule has 0 bridgehead atoms. The molecule has 9 heteroatoms. The maximum Gasteiger partial charge on any atom is 0.317 e. The summed E-state index contributed by atoms with van der Waals surface area (Å²) in [6.07, 6.45) is 4.84. The van der Waals surface area contributed by atoms with Crippen LogP contribution in [0.5, 0.6) is 0 Å². The van der Waals surface area contributed by atoms with Crippen LogP contribution in [0.4, 0.5) is 5.69 Å². The summed E-state index contributed by atoms with van der Waals surface area (Å²) < 4.78 is 34.5. The standard InChI is InChI=1S/C31H37N3O5S/c1-3-16-31(17-15-22-9-6-5-7-10-22)19-27(35)29(30(36)39-31)26(4-2)24-11-8-12-25(18-24)34-40(37,38)28-14-13-23(20-32)21-33-28/h5-14,18,21,26,29,34H,3-4,15-17,19-20,32H2,1-2H3/t26-,29?,31-/m1/s1. The van der Waals surface area contributed by atoms with Crippen molar-refractivity contribution in [2.45, 2.75) is 75.5 Å². The van der Waals surface area contributed by atoms with Crippen molar-refractivity contribution in [2.24, 2.45) is 11.7 Å². The molecule has 1 aromatic heterocycles. The fraction of sp³-hybridized carbons (Fsp3) is 0.387. The Labute approximate surface area is 236 Å². The molecule has 1 aliphatic rings. The number of cyclic esters (lactones) is 1. The van der Waals surface area contributed by atoms with Crippen molar-refractivity contribution < 1.29 is 22.7 Å². The molecule has 1 fully saturated rings. The van der Waals surface area contributed by atoms with E-state index >= 15 is 0 Å². The lowest BCUT2D eigenvalue weighted by molar-refractivity contribution is -0.180. The number of anilines is 1. The first-order valence-electron chi connectivity index (χ1n) is 13.8. The fourth-order valence-electron chi connectivity index (χ4n) is 5.53. The minimum atomic E-state index is -3.95. The third-order valence-electron chi connectivity index (χ3n) is 7.55. The van der Waals surface area contributed by atoms with E-state index in [1.54, 1.807) is 24.3 Å². The smallest absolute Gasteiger partial charge is 0.317 e. The Morgan fingerprint density at radius 1 is 1.02 bits per heavy atom. The minimum absolute atomic E-state index is 0.125. The zero-order valence-corrected chi connectivity index (χ0v) is 23.8. The zero-order chi connectivity index (χ0) is 28.8. The Kier molecular flexibility index (Phi) is 9.37. The average Bonchev–Trinajstić information content (AvgIpc) is 2.94. The number of hydrogen-bond acceptors (Lipinski definition) is 7. The summed E-state index contributed by atoms with van der Waals surface area (Å²) in [6, 6.07) is 19.8. The Morgan fingerprint density at radius 2 is 1.80 bits per heavy atom. The monoisotopic (exact) mass is 563 g/mol. The van der Waals surface area contributed by atoms with E-state index in [1.807, 2.05) is 50.2 Å². The van der Waals surface area contributed by atoms with Gasteiger partial charge in [0.15, 0.2) is 10.8 Å². The highest BCUT2D eigenvalue weighted by molar-refractivity contribution is 7.92. The zero-order valence-electron chi connectivity index (χ0n) is 23.0. The first-order valence-corrected chi connectivity index (χ1v) is 15.3. The second-order valence-corrected chi connectivity index (χ2v) is 12.0. The first-order chi connectivity index (χ1) is 19.2. The van der Waals surface area contributed by atoms with Gasteiger partial charge in [-0.2, -0.15) is 8.42 Å². The number of aryl methyl sites for hydroxylation is 1. The van der Waals surface area contributed by atoms with Crippen LogP contribution in [0.2, 0.25) is 0 Å². The molecule has 0 amide bonds. The fourth-order valence-corrected chi connectivity index (χ4v) is 6.51. The van der Waals surface area contributed by atoms with Gasteiger partial charge in [0.25, 0.3) is 10.0 Å². The summed E-state index contributed by atoms with van der Waals surface area (Å²) in [5.74, 6) is -2.01. The van der Waals surface area contributed by atoms with E-state index < -0.39 is 33.4 Å². The number of carbonyl (C=O) groups is 2. The van der Waals surface area contributed by atoms with E-state index in [0.717, 1.165) is 24.0 Å². The molecule has 0 spiro atoms. The molecule has 3 atom stereocenters. The summed E-state index contributed by atoms with van der Waals surface area (Å²) in [5, 5.41) is -0.129. The van der Waals surface area contributed by atoms with Crippen LogP contribution in [0.25, 0.3) is 0 Å². The number of sulfonamides is 1. The van der Waals surface area contributed by atoms with Gasteiger partial charge >= 0.3 is 5.97 Å². The van der Waals surface area contributed by atoms with Crippen LogP contribution < -0.4 is 10.5 Å². The molecule has 0 radical (unpaired) electrons. The molecule has 3 N–H and O–H groups in total. The minimum Gasteiger partial charge on any atom is -0.458 e. The Hall–Kier alpha value is -3.56. The van der Waals surface area contributed by atoms with Gasteiger partial charge in [0.1, 0.15) is 11.5 Å². The van der Waals surface area contributed by atoms with Crippen molar-refractivity contribution in [1.29, 1.82) is 0 Å². The normalized spacial score (nSPS) is 20.1. The van der Waals surface area contributed by atoms with Crippen molar-refractivity contribution in [3.05, 3.63) is 89.6 Å². The van der Waals surface area contributed by atoms with Gasteiger partial charge in [0.2, 0.25) is 0 Å². The molecule has 1 saturated heterocycles. The second kappa shape index (κ2) is 12.7. The van der Waals surface area contributed by atoms with Gasteiger partial charge in [0, 0.05) is 30.8 Å². The molecule has 1 aliphatic heterocycles. The third kappa shape index (κ3) is 6.77. The Morgan fingerprint density at radius 3 is 2.42 bits per heavy atom. The number of nitrogens with two attached hydrogens (primary N) is 1. The lowest BCUT2D eigenvalue weighted by Crippen LogP contribution is -2.49. The van der Waals surface area contributed by atoms with Gasteiger partial charge in [0.05, 0.1) is 0 Å². The Balaban J connectivity index is 1.52. The number of nitrogens with one attached hydrogen (secondary N) is 1. The van der Waals surface area contributed by atoms with Crippen LogP contribution in [0.15, 0.2) is 78.0 Å². The van der Waals surface area contributed by atoms with E-state index in [-0.39, 0.29) is 23.8 Å². The van der Waals surface area contributed by atoms with Gasteiger partial charge in [-0.05, 0) is 60.6 Å². The highest BCUT2D eigenvalue weighted by Gasteiger charge is 2.48. The molecule has 0 saturated carbocycles. The molecule has 8 nitrogen and oxygen atoms in total. The van der Waals surface area contributed by atoms with Crippen LogP contribution >= 0.6 is 0 Å². The molecule has 0 aliphatic carbocycles. The summed E-state index contributed by atoms with van der Waals surface area (Å²) in [5.41, 5.74) is 7.64. The van der Waals surface area contributed by atoms with Crippen molar-refractivity contribution in [2.75, 3.05) is 4.72 Å². The summed E-state index contributed by atoms with van der Waals surface area (Å²) in [4.78, 5) is 31.1. The molecule has 40 heavy (non-hydrogen) atoms. The van der Waals surface area contributed by atoms with Gasteiger partial charge < -0.3 is 10.5 Å². The summed E-state index contributed by atoms with van der Waals surface area (Å²) in [7, 11) is -3.95. The molecule has 4 rings (SSSR count). The number of pyridine rings is 1. The third-order valence-corrected chi connectivity index (χ3v) is 8.85. The van der Waals surface area contributed by atoms with Crippen LogP contribution in [0.3, 0.4) is 0 Å². The maximum absolute atomic E-state index is 13.6. The van der Waals surface area contributed by atoms with Crippen molar-refractivity contribution in [3.8, 4) is 0 Å². The SMILES string of the molecule is CCC[C@@]1(CCc2ccccc2)CC(=O)C([C@H](CC)c2cccc(NS(=O)(=O)c3ccc(CN)cn3)c2)C(=O)O1.